The van der Waals surface area contributed by atoms with Crippen LogP contribution in [0.3, 0.4) is 0 Å². The number of rotatable bonds is 4. The first kappa shape index (κ1) is 21.3. The predicted octanol–water partition coefficient (Wildman–Crippen LogP) is 5.45. The molecule has 2 aromatic carbocycles. The van der Waals surface area contributed by atoms with E-state index in [1.807, 2.05) is 18.4 Å². The Morgan fingerprint density at radius 1 is 0.935 bits per heavy atom. The summed E-state index contributed by atoms with van der Waals surface area (Å²) in [4.78, 5) is 0.865. The van der Waals surface area contributed by atoms with Crippen molar-refractivity contribution < 1.29 is 21.6 Å². The SMILES string of the molecule is Cc1ccsc1-c1ccc(-c2n[nH]c(-c3ccc(S(N)(=O)=O)cc3)c2C(F)(F)F)cc1. The third-order valence-corrected chi connectivity index (χ3v) is 6.80. The van der Waals surface area contributed by atoms with E-state index < -0.39 is 21.8 Å². The number of sulfonamides is 1. The maximum absolute atomic E-state index is 14.0. The van der Waals surface area contributed by atoms with Gasteiger partial charge in [0.1, 0.15) is 11.3 Å². The molecule has 0 saturated carbocycles. The molecule has 2 aromatic heterocycles. The number of nitrogens with one attached hydrogen (secondary N) is 1. The Kier molecular flexibility index (Phi) is 5.24. The van der Waals surface area contributed by atoms with Crippen LogP contribution in [0.5, 0.6) is 0 Å². The third-order valence-electron chi connectivity index (χ3n) is 4.80. The minimum atomic E-state index is -4.68. The lowest BCUT2D eigenvalue weighted by molar-refractivity contribution is -0.136. The Bertz CT molecular complexity index is 1340. The van der Waals surface area contributed by atoms with Gasteiger partial charge in [-0.1, -0.05) is 36.4 Å². The zero-order valence-electron chi connectivity index (χ0n) is 16.1. The third kappa shape index (κ3) is 4.14. The number of nitrogens with zero attached hydrogens (tertiary/aromatic N) is 1. The summed E-state index contributed by atoms with van der Waals surface area (Å²) in [6.07, 6.45) is -4.68. The molecular weight excluding hydrogens is 447 g/mol. The Hall–Kier alpha value is -2.95. The number of benzene rings is 2. The van der Waals surface area contributed by atoms with E-state index in [1.54, 1.807) is 35.6 Å². The molecule has 0 fully saturated rings. The summed E-state index contributed by atoms with van der Waals surface area (Å²) in [7, 11) is -3.95. The Morgan fingerprint density at radius 3 is 2.03 bits per heavy atom. The number of halogens is 3. The molecular formula is C21H16F3N3O2S2. The van der Waals surface area contributed by atoms with Gasteiger partial charge in [-0.2, -0.15) is 18.3 Å². The van der Waals surface area contributed by atoms with Crippen LogP contribution < -0.4 is 5.14 Å². The summed E-state index contributed by atoms with van der Waals surface area (Å²) < 4.78 is 64.7. The molecule has 0 aliphatic heterocycles. The first-order chi connectivity index (χ1) is 14.6. The van der Waals surface area contributed by atoms with Crippen LogP contribution in [0.15, 0.2) is 64.9 Å². The van der Waals surface area contributed by atoms with Crippen LogP contribution in [0.1, 0.15) is 11.1 Å². The van der Waals surface area contributed by atoms with Crippen LogP contribution in [-0.2, 0) is 16.2 Å². The maximum Gasteiger partial charge on any atom is 0.420 e. The van der Waals surface area contributed by atoms with Gasteiger partial charge in [0.25, 0.3) is 0 Å². The number of aromatic amines is 1. The van der Waals surface area contributed by atoms with E-state index in [-0.39, 0.29) is 21.8 Å². The number of H-pyrrole nitrogens is 1. The highest BCUT2D eigenvalue weighted by molar-refractivity contribution is 7.89. The summed E-state index contributed by atoms with van der Waals surface area (Å²) in [5.74, 6) is 0. The zero-order chi connectivity index (χ0) is 22.4. The quantitative estimate of drug-likeness (QED) is 0.422. The van der Waals surface area contributed by atoms with Crippen molar-refractivity contribution in [3.05, 3.63) is 71.1 Å². The fraction of sp³-hybridized carbons (Fsp3) is 0.0952. The van der Waals surface area contributed by atoms with Gasteiger partial charge < -0.3 is 0 Å². The highest BCUT2D eigenvalue weighted by Crippen LogP contribution is 2.42. The molecule has 2 heterocycles. The van der Waals surface area contributed by atoms with E-state index >= 15 is 0 Å². The molecule has 10 heteroatoms. The number of hydrogen-bond acceptors (Lipinski definition) is 4. The number of aromatic nitrogens is 2. The molecule has 160 valence electrons. The van der Waals surface area contributed by atoms with Gasteiger partial charge in [0.2, 0.25) is 10.0 Å². The standard InChI is InChI=1S/C21H16F3N3O2S2/c1-12-10-11-30-20(12)15-4-2-13(3-5-15)18-17(21(22,23)24)19(27-26-18)14-6-8-16(9-7-14)31(25,28)29/h2-11H,1H3,(H,26,27)(H2,25,28,29). The minimum Gasteiger partial charge on any atom is -0.277 e. The number of aryl methyl sites for hydroxylation is 1. The largest absolute Gasteiger partial charge is 0.420 e. The second-order valence-electron chi connectivity index (χ2n) is 6.90. The number of nitrogens with two attached hydrogens (primary N) is 1. The van der Waals surface area contributed by atoms with Crippen molar-refractivity contribution in [2.24, 2.45) is 5.14 Å². The van der Waals surface area contributed by atoms with Gasteiger partial charge in [-0.05, 0) is 41.6 Å². The van der Waals surface area contributed by atoms with Crippen LogP contribution in [0.2, 0.25) is 0 Å². The lowest BCUT2D eigenvalue weighted by Crippen LogP contribution is -2.12. The van der Waals surface area contributed by atoms with Gasteiger partial charge in [0, 0.05) is 16.0 Å². The van der Waals surface area contributed by atoms with Crippen LogP contribution in [0.25, 0.3) is 33.0 Å². The second kappa shape index (κ2) is 7.63. The van der Waals surface area contributed by atoms with Gasteiger partial charge >= 0.3 is 6.18 Å². The summed E-state index contributed by atoms with van der Waals surface area (Å²) in [6, 6.07) is 13.6. The van der Waals surface area contributed by atoms with Crippen molar-refractivity contribution in [1.82, 2.24) is 10.2 Å². The molecule has 0 spiro atoms. The smallest absolute Gasteiger partial charge is 0.277 e. The minimum absolute atomic E-state index is 0.143. The van der Waals surface area contributed by atoms with Gasteiger partial charge in [0.15, 0.2) is 0 Å². The van der Waals surface area contributed by atoms with Crippen LogP contribution in [0, 0.1) is 6.92 Å². The number of alkyl halides is 3. The summed E-state index contributed by atoms with van der Waals surface area (Å²) in [6.45, 7) is 1.97. The molecule has 5 nitrogen and oxygen atoms in total. The Labute approximate surface area is 180 Å². The molecule has 0 saturated heterocycles. The van der Waals surface area contributed by atoms with Crippen LogP contribution in [0.4, 0.5) is 13.2 Å². The summed E-state index contributed by atoms with van der Waals surface area (Å²) in [5.41, 5.74) is 1.07. The van der Waals surface area contributed by atoms with Crippen LogP contribution in [-0.4, -0.2) is 18.6 Å². The summed E-state index contributed by atoms with van der Waals surface area (Å²) >= 11 is 1.56. The molecule has 0 unspecified atom stereocenters. The average Bonchev–Trinajstić information content (AvgIpc) is 3.34. The van der Waals surface area contributed by atoms with Gasteiger partial charge in [0.05, 0.1) is 10.6 Å². The number of hydrogen-bond donors (Lipinski definition) is 2. The average molecular weight is 464 g/mol. The fourth-order valence-electron chi connectivity index (χ4n) is 3.29. The van der Waals surface area contributed by atoms with Crippen LogP contribution >= 0.6 is 11.3 Å². The molecule has 4 rings (SSSR count). The molecule has 0 aliphatic carbocycles. The molecule has 3 N–H and O–H groups in total. The molecule has 4 aromatic rings. The highest BCUT2D eigenvalue weighted by atomic mass is 32.2. The van der Waals surface area contributed by atoms with Crippen molar-refractivity contribution in [3.8, 4) is 33.0 Å². The normalized spacial score (nSPS) is 12.3. The van der Waals surface area contributed by atoms with Crippen molar-refractivity contribution in [1.29, 1.82) is 0 Å². The van der Waals surface area contributed by atoms with E-state index in [9.17, 15) is 21.6 Å². The van der Waals surface area contributed by atoms with Gasteiger partial charge in [-0.15, -0.1) is 11.3 Å². The highest BCUT2D eigenvalue weighted by Gasteiger charge is 2.39. The number of primary sulfonamides is 1. The van der Waals surface area contributed by atoms with Crippen molar-refractivity contribution in [3.63, 3.8) is 0 Å². The maximum atomic E-state index is 14.0. The lowest BCUT2D eigenvalue weighted by atomic mass is 10.00. The van der Waals surface area contributed by atoms with E-state index in [4.69, 9.17) is 5.14 Å². The first-order valence-electron chi connectivity index (χ1n) is 8.99. The fourth-order valence-corrected chi connectivity index (χ4v) is 4.74. The molecule has 0 aliphatic rings. The Morgan fingerprint density at radius 2 is 1.52 bits per heavy atom. The lowest BCUT2D eigenvalue weighted by Gasteiger charge is -2.11. The predicted molar refractivity (Wildman–Crippen MR) is 114 cm³/mol. The van der Waals surface area contributed by atoms with Gasteiger partial charge in [-0.3, -0.25) is 5.10 Å². The zero-order valence-corrected chi connectivity index (χ0v) is 17.7. The Balaban J connectivity index is 1.78. The first-order valence-corrected chi connectivity index (χ1v) is 11.4. The topological polar surface area (TPSA) is 88.8 Å². The summed E-state index contributed by atoms with van der Waals surface area (Å²) in [5, 5.41) is 13.4. The molecule has 31 heavy (non-hydrogen) atoms. The molecule has 0 atom stereocenters. The van der Waals surface area contributed by atoms with E-state index in [0.717, 1.165) is 28.1 Å². The van der Waals surface area contributed by atoms with Crippen molar-refractivity contribution >= 4 is 21.4 Å². The molecule has 0 bridgehead atoms. The number of thiophene rings is 1. The van der Waals surface area contributed by atoms with E-state index in [0.29, 0.717) is 5.56 Å². The van der Waals surface area contributed by atoms with Crippen molar-refractivity contribution in [2.75, 3.05) is 0 Å². The second-order valence-corrected chi connectivity index (χ2v) is 9.38. The monoisotopic (exact) mass is 463 g/mol. The molecule has 0 amide bonds. The van der Waals surface area contributed by atoms with E-state index in [1.165, 1.54) is 12.1 Å². The molecule has 0 radical (unpaired) electrons. The van der Waals surface area contributed by atoms with Gasteiger partial charge in [-0.25, -0.2) is 13.6 Å². The van der Waals surface area contributed by atoms with Crippen molar-refractivity contribution in [2.45, 2.75) is 18.0 Å². The van der Waals surface area contributed by atoms with E-state index in [2.05, 4.69) is 10.2 Å².